The van der Waals surface area contributed by atoms with Crippen LogP contribution in [0.25, 0.3) is 0 Å². The lowest BCUT2D eigenvalue weighted by Crippen LogP contribution is -2.29. The summed E-state index contributed by atoms with van der Waals surface area (Å²) < 4.78 is 33.4. The maximum atomic E-state index is 12.6. The van der Waals surface area contributed by atoms with Crippen molar-refractivity contribution in [2.45, 2.75) is 206 Å². The molecule has 0 saturated heterocycles. The quantitative estimate of drug-likeness (QED) is 0.0239. The second kappa shape index (κ2) is 41.3. The monoisotopic (exact) mass is 787 g/mol. The Labute approximate surface area is 331 Å². The fourth-order valence-corrected chi connectivity index (χ4v) is 6.71. The van der Waals surface area contributed by atoms with Gasteiger partial charge in [-0.1, -0.05) is 159 Å². The first-order valence-corrected chi connectivity index (χ1v) is 23.5. The Morgan fingerprint density at radius 1 is 0.574 bits per heavy atom. The molecule has 54 heavy (non-hydrogen) atoms. The van der Waals surface area contributed by atoms with Crippen LogP contribution in [0.3, 0.4) is 0 Å². The van der Waals surface area contributed by atoms with Crippen molar-refractivity contribution < 1.29 is 43.0 Å². The first kappa shape index (κ1) is 52.7. The van der Waals surface area contributed by atoms with Crippen molar-refractivity contribution in [3.63, 3.8) is 0 Å². The summed E-state index contributed by atoms with van der Waals surface area (Å²) in [7, 11) is -4.52. The van der Waals surface area contributed by atoms with Crippen LogP contribution in [0, 0.1) is 0 Å². The van der Waals surface area contributed by atoms with Crippen LogP contribution < -0.4 is 0 Å². The largest absolute Gasteiger partial charge is 0.472 e. The van der Waals surface area contributed by atoms with E-state index in [1.165, 1.54) is 116 Å². The second-order valence-corrected chi connectivity index (χ2v) is 16.2. The predicted molar refractivity (Wildman–Crippen MR) is 224 cm³/mol. The van der Waals surface area contributed by atoms with Gasteiger partial charge in [-0.15, -0.1) is 0 Å². The summed E-state index contributed by atoms with van der Waals surface area (Å²) in [6.45, 7) is 3.44. The van der Waals surface area contributed by atoms with Crippen LogP contribution in [0.5, 0.6) is 0 Å². The number of aliphatic hydroxyl groups excluding tert-OH is 2. The zero-order valence-corrected chi connectivity index (χ0v) is 35.6. The van der Waals surface area contributed by atoms with E-state index in [0.29, 0.717) is 6.61 Å². The van der Waals surface area contributed by atoms with E-state index in [4.69, 9.17) is 23.6 Å². The molecule has 9 nitrogen and oxygen atoms in total. The third-order valence-electron chi connectivity index (χ3n) is 9.28. The maximum absolute atomic E-state index is 12.6. The Kier molecular flexibility index (Phi) is 40.3. The minimum absolute atomic E-state index is 0.0421. The highest BCUT2D eigenvalue weighted by Gasteiger charge is 2.26. The first-order valence-electron chi connectivity index (χ1n) is 22.0. The van der Waals surface area contributed by atoms with Crippen molar-refractivity contribution in [2.24, 2.45) is 0 Å². The zero-order chi connectivity index (χ0) is 39.6. The lowest BCUT2D eigenvalue weighted by Gasteiger charge is -2.20. The molecule has 0 saturated carbocycles. The molecule has 0 fully saturated rings. The summed E-state index contributed by atoms with van der Waals surface area (Å²) in [6.07, 6.45) is 43.8. The average molecular weight is 787 g/mol. The molecular weight excluding hydrogens is 703 g/mol. The zero-order valence-electron chi connectivity index (χ0n) is 34.7. The number of hydrogen-bond donors (Lipinski definition) is 3. The third kappa shape index (κ3) is 40.3. The van der Waals surface area contributed by atoms with Crippen molar-refractivity contribution >= 4 is 13.8 Å². The van der Waals surface area contributed by atoms with Crippen LogP contribution in [0.2, 0.25) is 0 Å². The molecule has 0 rings (SSSR count). The second-order valence-electron chi connectivity index (χ2n) is 14.7. The number of allylic oxidation sites excluding steroid dienone is 6. The molecule has 0 amide bonds. The molecule has 0 aromatic heterocycles. The van der Waals surface area contributed by atoms with Crippen molar-refractivity contribution in [1.29, 1.82) is 0 Å². The molecule has 0 spiro atoms. The van der Waals surface area contributed by atoms with E-state index in [9.17, 15) is 19.4 Å². The van der Waals surface area contributed by atoms with E-state index < -0.39 is 33.2 Å². The summed E-state index contributed by atoms with van der Waals surface area (Å²) in [5.41, 5.74) is 0. The van der Waals surface area contributed by atoms with Crippen LogP contribution in [-0.4, -0.2) is 66.3 Å². The van der Waals surface area contributed by atoms with E-state index in [2.05, 4.69) is 50.3 Å². The molecular formula is C44H83O9P. The number of phosphoric acid groups is 1. The Hall–Kier alpha value is -1.32. The minimum Gasteiger partial charge on any atom is -0.457 e. The van der Waals surface area contributed by atoms with Gasteiger partial charge in [0.15, 0.2) is 0 Å². The molecule has 0 heterocycles. The highest BCUT2D eigenvalue weighted by atomic mass is 31.2. The standard InChI is InChI=1S/C44H83O9P/c1-3-5-7-9-11-13-15-17-19-20-21-22-23-24-26-28-30-32-34-36-44(47)53-43(41-52-54(48,49)51-39-42(46)38-45)40-50-37-35-33-31-29-27-25-18-16-14-12-10-8-6-4-2/h8,10,14,16-17,19,42-43,45-46H,3-7,9,11-13,15,18,20-41H2,1-2H3,(H,48,49)/b10-8-,16-14-,19-17-. The van der Waals surface area contributed by atoms with E-state index in [1.807, 2.05) is 0 Å². The van der Waals surface area contributed by atoms with Gasteiger partial charge < -0.3 is 24.6 Å². The molecule has 3 unspecified atom stereocenters. The lowest BCUT2D eigenvalue weighted by atomic mass is 10.1. The number of ether oxygens (including phenoxy) is 2. The van der Waals surface area contributed by atoms with Crippen LogP contribution in [-0.2, 0) is 27.9 Å². The number of hydrogen-bond acceptors (Lipinski definition) is 8. The molecule has 318 valence electrons. The Balaban J connectivity index is 4.15. The number of esters is 1. The number of unbranched alkanes of at least 4 members (excludes halogenated alkanes) is 22. The summed E-state index contributed by atoms with van der Waals surface area (Å²) in [4.78, 5) is 22.6. The Morgan fingerprint density at radius 2 is 1.04 bits per heavy atom. The van der Waals surface area contributed by atoms with Crippen LogP contribution in [0.15, 0.2) is 36.5 Å². The summed E-state index contributed by atoms with van der Waals surface area (Å²) >= 11 is 0. The van der Waals surface area contributed by atoms with Gasteiger partial charge >= 0.3 is 13.8 Å². The maximum Gasteiger partial charge on any atom is 0.472 e. The number of carbonyl (C=O) groups is 1. The van der Waals surface area contributed by atoms with E-state index in [-0.39, 0.29) is 25.6 Å². The smallest absolute Gasteiger partial charge is 0.457 e. The van der Waals surface area contributed by atoms with Gasteiger partial charge in [0.25, 0.3) is 0 Å². The molecule has 0 radical (unpaired) electrons. The molecule has 3 atom stereocenters. The summed E-state index contributed by atoms with van der Waals surface area (Å²) in [5.74, 6) is -0.389. The fourth-order valence-electron chi connectivity index (χ4n) is 5.92. The van der Waals surface area contributed by atoms with Crippen molar-refractivity contribution in [3.8, 4) is 0 Å². The van der Waals surface area contributed by atoms with Crippen molar-refractivity contribution in [3.05, 3.63) is 36.5 Å². The van der Waals surface area contributed by atoms with Crippen molar-refractivity contribution in [2.75, 3.05) is 33.0 Å². The van der Waals surface area contributed by atoms with Gasteiger partial charge in [-0.2, -0.15) is 0 Å². The Bertz CT molecular complexity index is 939. The number of phosphoric ester groups is 1. The van der Waals surface area contributed by atoms with Gasteiger partial charge in [0.2, 0.25) is 0 Å². The van der Waals surface area contributed by atoms with E-state index in [0.717, 1.165) is 57.8 Å². The van der Waals surface area contributed by atoms with E-state index in [1.54, 1.807) is 0 Å². The highest BCUT2D eigenvalue weighted by Crippen LogP contribution is 2.43. The molecule has 0 aliphatic carbocycles. The van der Waals surface area contributed by atoms with E-state index >= 15 is 0 Å². The number of rotatable bonds is 42. The normalized spacial score (nSPS) is 14.4. The lowest BCUT2D eigenvalue weighted by molar-refractivity contribution is -0.154. The minimum atomic E-state index is -4.52. The number of aliphatic hydroxyl groups is 2. The SMILES string of the molecule is CCC/C=C\C/C=C\CCCCCCCCOCC(COP(=O)(O)OCC(O)CO)OC(=O)CCCCCCCCCCC/C=C\CCCCCCCC. The molecule has 0 aliphatic rings. The highest BCUT2D eigenvalue weighted by molar-refractivity contribution is 7.47. The van der Waals surface area contributed by atoms with Crippen LogP contribution in [0.1, 0.15) is 194 Å². The molecule has 0 bridgehead atoms. The van der Waals surface area contributed by atoms with Crippen molar-refractivity contribution in [1.82, 2.24) is 0 Å². The molecule has 10 heteroatoms. The number of carbonyl (C=O) groups excluding carboxylic acids is 1. The Morgan fingerprint density at radius 3 is 1.57 bits per heavy atom. The molecule has 0 aromatic rings. The van der Waals surface area contributed by atoms with Gasteiger partial charge in [-0.05, 0) is 64.2 Å². The molecule has 0 aliphatic heterocycles. The van der Waals surface area contributed by atoms with Crippen LogP contribution >= 0.6 is 7.82 Å². The van der Waals surface area contributed by atoms with Crippen LogP contribution in [0.4, 0.5) is 0 Å². The summed E-state index contributed by atoms with van der Waals surface area (Å²) in [6, 6.07) is 0. The third-order valence-corrected chi connectivity index (χ3v) is 10.2. The molecule has 3 N–H and O–H groups in total. The predicted octanol–water partition coefficient (Wildman–Crippen LogP) is 12.0. The van der Waals surface area contributed by atoms with Gasteiger partial charge in [0, 0.05) is 13.0 Å². The molecule has 0 aromatic carbocycles. The van der Waals surface area contributed by atoms with Gasteiger partial charge in [0.1, 0.15) is 12.2 Å². The topological polar surface area (TPSA) is 132 Å². The summed E-state index contributed by atoms with van der Waals surface area (Å²) in [5, 5.41) is 18.3. The van der Waals surface area contributed by atoms with Gasteiger partial charge in [0.05, 0.1) is 26.4 Å². The van der Waals surface area contributed by atoms with Gasteiger partial charge in [-0.25, -0.2) is 4.57 Å². The fraction of sp³-hybridized carbons (Fsp3) is 0.841. The first-order chi connectivity index (χ1) is 26.3. The van der Waals surface area contributed by atoms with Gasteiger partial charge in [-0.3, -0.25) is 13.8 Å². The average Bonchev–Trinajstić information content (AvgIpc) is 3.16.